The predicted molar refractivity (Wildman–Crippen MR) is 74.5 cm³/mol. The van der Waals surface area contributed by atoms with Gasteiger partial charge in [0.15, 0.2) is 15.6 Å². The number of halogens is 1. The minimum Gasteiger partial charge on any atom is -0.293 e. The van der Waals surface area contributed by atoms with Crippen LogP contribution in [0.3, 0.4) is 0 Å². The SMILES string of the molecule is CC(=O)c1csc(CS(=O)(=O)c2ccc(Cl)cc2)n1. The first kappa shape index (κ1) is 14.2. The molecule has 2 aromatic rings. The molecule has 0 unspecified atom stereocenters. The summed E-state index contributed by atoms with van der Waals surface area (Å²) in [5.41, 5.74) is 0.298. The number of hydrogen-bond acceptors (Lipinski definition) is 5. The van der Waals surface area contributed by atoms with Crippen LogP contribution in [0, 0.1) is 0 Å². The summed E-state index contributed by atoms with van der Waals surface area (Å²) in [4.78, 5) is 15.3. The minimum absolute atomic E-state index is 0.175. The molecule has 2 rings (SSSR count). The second-order valence-electron chi connectivity index (χ2n) is 3.90. The minimum atomic E-state index is -3.46. The summed E-state index contributed by atoms with van der Waals surface area (Å²) in [6, 6.07) is 5.96. The molecule has 0 atom stereocenters. The molecule has 4 nitrogen and oxygen atoms in total. The molecular weight excluding hydrogens is 306 g/mol. The summed E-state index contributed by atoms with van der Waals surface area (Å²) < 4.78 is 24.3. The van der Waals surface area contributed by atoms with Gasteiger partial charge in [-0.2, -0.15) is 0 Å². The summed E-state index contributed by atoms with van der Waals surface area (Å²) in [5.74, 6) is -0.390. The van der Waals surface area contributed by atoms with Crippen LogP contribution in [0.1, 0.15) is 22.4 Å². The van der Waals surface area contributed by atoms with Crippen LogP contribution < -0.4 is 0 Å². The molecule has 0 spiro atoms. The molecule has 1 aromatic heterocycles. The summed E-state index contributed by atoms with van der Waals surface area (Å²) in [6.07, 6.45) is 0. The number of sulfone groups is 1. The van der Waals surface area contributed by atoms with Gasteiger partial charge >= 0.3 is 0 Å². The molecule has 0 N–H and O–H groups in total. The summed E-state index contributed by atoms with van der Waals surface area (Å²) in [6.45, 7) is 1.40. The van der Waals surface area contributed by atoms with Crippen LogP contribution in [0.4, 0.5) is 0 Å². The molecule has 1 aromatic carbocycles. The first-order valence-corrected chi connectivity index (χ1v) is 8.23. The Hall–Kier alpha value is -1.24. The van der Waals surface area contributed by atoms with E-state index in [-0.39, 0.29) is 16.4 Å². The van der Waals surface area contributed by atoms with Gasteiger partial charge < -0.3 is 0 Å². The van der Waals surface area contributed by atoms with Crippen LogP contribution in [-0.2, 0) is 15.6 Å². The molecule has 0 aliphatic rings. The zero-order valence-electron chi connectivity index (χ0n) is 9.96. The molecule has 0 aliphatic heterocycles. The van der Waals surface area contributed by atoms with Crippen LogP contribution in [0.25, 0.3) is 0 Å². The Labute approximate surface area is 120 Å². The van der Waals surface area contributed by atoms with Gasteiger partial charge in [-0.3, -0.25) is 4.79 Å². The lowest BCUT2D eigenvalue weighted by atomic mass is 10.4. The van der Waals surface area contributed by atoms with Gasteiger partial charge in [0.25, 0.3) is 0 Å². The molecular formula is C12H10ClNO3S2. The van der Waals surface area contributed by atoms with E-state index in [1.807, 2.05) is 0 Å². The Bertz CT molecular complexity index is 705. The third kappa shape index (κ3) is 3.40. The summed E-state index contributed by atoms with van der Waals surface area (Å²) in [5, 5.41) is 2.45. The first-order chi connectivity index (χ1) is 8.88. The molecule has 1 heterocycles. The van der Waals surface area contributed by atoms with Crippen molar-refractivity contribution in [2.75, 3.05) is 0 Å². The Morgan fingerprint density at radius 3 is 2.47 bits per heavy atom. The fourth-order valence-corrected chi connectivity index (χ4v) is 4.01. The fourth-order valence-electron chi connectivity index (χ4n) is 1.43. The van der Waals surface area contributed by atoms with Gasteiger partial charge in [0.1, 0.15) is 16.5 Å². The largest absolute Gasteiger partial charge is 0.293 e. The highest BCUT2D eigenvalue weighted by Crippen LogP contribution is 2.21. The molecule has 0 amide bonds. The Kier molecular flexibility index (Phi) is 4.03. The van der Waals surface area contributed by atoms with Crippen LogP contribution >= 0.6 is 22.9 Å². The number of thiazole rings is 1. The van der Waals surface area contributed by atoms with Gasteiger partial charge in [-0.05, 0) is 24.3 Å². The van der Waals surface area contributed by atoms with Gasteiger partial charge in [0, 0.05) is 17.3 Å². The lowest BCUT2D eigenvalue weighted by Crippen LogP contribution is -2.05. The zero-order valence-corrected chi connectivity index (χ0v) is 12.3. The number of carbonyl (C=O) groups is 1. The van der Waals surface area contributed by atoms with Gasteiger partial charge in [-0.15, -0.1) is 11.3 Å². The third-order valence-electron chi connectivity index (χ3n) is 2.40. The van der Waals surface area contributed by atoms with Crippen LogP contribution in [0.15, 0.2) is 34.5 Å². The number of hydrogen-bond donors (Lipinski definition) is 0. The summed E-state index contributed by atoms with van der Waals surface area (Å²) in [7, 11) is -3.46. The van der Waals surface area contributed by atoms with E-state index in [0.29, 0.717) is 15.7 Å². The van der Waals surface area contributed by atoms with Gasteiger partial charge in [-0.1, -0.05) is 11.6 Å². The van der Waals surface area contributed by atoms with Crippen LogP contribution in [0.2, 0.25) is 5.02 Å². The van der Waals surface area contributed by atoms with E-state index < -0.39 is 9.84 Å². The number of Topliss-reactive ketones (excluding diaryl/α,β-unsaturated/α-hetero) is 1. The Morgan fingerprint density at radius 2 is 1.95 bits per heavy atom. The van der Waals surface area contributed by atoms with Gasteiger partial charge in [0.05, 0.1) is 4.90 Å². The second kappa shape index (κ2) is 5.40. The topological polar surface area (TPSA) is 64.1 Å². The average Bonchev–Trinajstić information content (AvgIpc) is 2.77. The lowest BCUT2D eigenvalue weighted by molar-refractivity contribution is 0.101. The average molecular weight is 316 g/mol. The number of ketones is 1. The normalized spacial score (nSPS) is 11.5. The van der Waals surface area contributed by atoms with Crippen molar-refractivity contribution in [1.29, 1.82) is 0 Å². The van der Waals surface area contributed by atoms with Crippen molar-refractivity contribution in [2.24, 2.45) is 0 Å². The number of benzene rings is 1. The van der Waals surface area contributed by atoms with Crippen molar-refractivity contribution in [3.63, 3.8) is 0 Å². The van der Waals surface area contributed by atoms with Crippen molar-refractivity contribution in [3.8, 4) is 0 Å². The van der Waals surface area contributed by atoms with Crippen molar-refractivity contribution in [2.45, 2.75) is 17.6 Å². The highest BCUT2D eigenvalue weighted by atomic mass is 35.5. The van der Waals surface area contributed by atoms with Crippen molar-refractivity contribution < 1.29 is 13.2 Å². The number of carbonyl (C=O) groups excluding carboxylic acids is 1. The smallest absolute Gasteiger partial charge is 0.184 e. The van der Waals surface area contributed by atoms with E-state index in [0.717, 1.165) is 0 Å². The third-order valence-corrected chi connectivity index (χ3v) is 5.33. The number of rotatable bonds is 4. The van der Waals surface area contributed by atoms with Crippen molar-refractivity contribution in [1.82, 2.24) is 4.98 Å². The number of nitrogens with zero attached hydrogens (tertiary/aromatic N) is 1. The molecule has 100 valence electrons. The molecule has 19 heavy (non-hydrogen) atoms. The van der Waals surface area contributed by atoms with Crippen molar-refractivity contribution >= 4 is 38.6 Å². The molecule has 7 heteroatoms. The van der Waals surface area contributed by atoms with Gasteiger partial charge in [-0.25, -0.2) is 13.4 Å². The van der Waals surface area contributed by atoms with E-state index in [1.165, 1.54) is 42.5 Å². The quantitative estimate of drug-likeness (QED) is 0.814. The molecule has 0 saturated carbocycles. The Morgan fingerprint density at radius 1 is 1.32 bits per heavy atom. The maximum Gasteiger partial charge on any atom is 0.184 e. The lowest BCUT2D eigenvalue weighted by Gasteiger charge is -2.02. The maximum atomic E-state index is 12.1. The monoisotopic (exact) mass is 315 g/mol. The van der Waals surface area contributed by atoms with Gasteiger partial charge in [0.2, 0.25) is 0 Å². The molecule has 0 fully saturated rings. The van der Waals surface area contributed by atoms with Crippen LogP contribution in [-0.4, -0.2) is 19.2 Å². The molecule has 0 aliphatic carbocycles. The zero-order chi connectivity index (χ0) is 14.0. The standard InChI is InChI=1S/C12H10ClNO3S2/c1-8(15)11-6-18-12(14-11)7-19(16,17)10-4-2-9(13)3-5-10/h2-6H,7H2,1H3. The van der Waals surface area contributed by atoms with E-state index in [2.05, 4.69) is 4.98 Å². The van der Waals surface area contributed by atoms with E-state index in [9.17, 15) is 13.2 Å². The highest BCUT2D eigenvalue weighted by Gasteiger charge is 2.18. The number of aromatic nitrogens is 1. The fraction of sp³-hybridized carbons (Fsp3) is 0.167. The molecule has 0 bridgehead atoms. The van der Waals surface area contributed by atoms with Crippen molar-refractivity contribution in [3.05, 3.63) is 45.4 Å². The maximum absolute atomic E-state index is 12.1. The predicted octanol–water partition coefficient (Wildman–Crippen LogP) is 2.97. The molecule has 0 saturated heterocycles. The van der Waals surface area contributed by atoms with E-state index in [4.69, 9.17) is 11.6 Å². The Balaban J connectivity index is 2.25. The van der Waals surface area contributed by atoms with Crippen LogP contribution in [0.5, 0.6) is 0 Å². The second-order valence-corrected chi connectivity index (χ2v) is 7.26. The highest BCUT2D eigenvalue weighted by molar-refractivity contribution is 7.90. The summed E-state index contributed by atoms with van der Waals surface area (Å²) >= 11 is 6.88. The van der Waals surface area contributed by atoms with E-state index >= 15 is 0 Å². The molecule has 0 radical (unpaired) electrons. The first-order valence-electron chi connectivity index (χ1n) is 5.32. The van der Waals surface area contributed by atoms with E-state index in [1.54, 1.807) is 5.38 Å².